The summed E-state index contributed by atoms with van der Waals surface area (Å²) in [5.41, 5.74) is 1.40. The summed E-state index contributed by atoms with van der Waals surface area (Å²) in [7, 11) is 0. The number of hydrogen-bond acceptors (Lipinski definition) is 3. The largest absolute Gasteiger partial charge is 0.416 e. The minimum absolute atomic E-state index is 0.0386. The highest BCUT2D eigenvalue weighted by Crippen LogP contribution is 2.36. The Morgan fingerprint density at radius 2 is 1.76 bits per heavy atom. The van der Waals surface area contributed by atoms with E-state index >= 15 is 0 Å². The van der Waals surface area contributed by atoms with Crippen molar-refractivity contribution in [2.45, 2.75) is 57.4 Å². The van der Waals surface area contributed by atoms with Gasteiger partial charge in [0.2, 0.25) is 5.91 Å². The minimum Gasteiger partial charge on any atom is -0.351 e. The Kier molecular flexibility index (Phi) is 7.26. The van der Waals surface area contributed by atoms with Gasteiger partial charge in [-0.05, 0) is 68.0 Å². The molecule has 2 aromatic rings. The topological polar surface area (TPSA) is 52.7 Å². The van der Waals surface area contributed by atoms with E-state index in [0.29, 0.717) is 17.7 Å². The quantitative estimate of drug-likeness (QED) is 0.600. The van der Waals surface area contributed by atoms with Gasteiger partial charge in [-0.2, -0.15) is 13.2 Å². The second kappa shape index (κ2) is 10.2. The molecule has 1 N–H and O–H groups in total. The Hall–Kier alpha value is -2.87. The van der Waals surface area contributed by atoms with Crippen molar-refractivity contribution in [3.05, 3.63) is 70.8 Å². The average Bonchev–Trinajstić information content (AvgIpc) is 3.52. The van der Waals surface area contributed by atoms with Crippen LogP contribution in [-0.4, -0.2) is 47.3 Å². The van der Waals surface area contributed by atoms with Crippen molar-refractivity contribution in [2.24, 2.45) is 0 Å². The van der Waals surface area contributed by atoms with E-state index in [9.17, 15) is 22.8 Å². The monoisotopic (exact) mass is 473 g/mol. The smallest absolute Gasteiger partial charge is 0.351 e. The summed E-state index contributed by atoms with van der Waals surface area (Å²) >= 11 is 0. The fourth-order valence-electron chi connectivity index (χ4n) is 4.45. The second-order valence-corrected chi connectivity index (χ2v) is 9.18. The summed E-state index contributed by atoms with van der Waals surface area (Å²) in [5, 5.41) is 2.90. The molecule has 1 saturated carbocycles. The SMILES string of the molecule is CC(c1cccc(C(F)(F)F)c1)N(CC(=O)NCc1ccc(C(=O)N2CCCC2)cc1)C1CC1. The van der Waals surface area contributed by atoms with Crippen LogP contribution >= 0.6 is 0 Å². The molecule has 0 radical (unpaired) electrons. The first-order valence-corrected chi connectivity index (χ1v) is 11.8. The first kappa shape index (κ1) is 24.3. The first-order chi connectivity index (χ1) is 16.2. The standard InChI is InChI=1S/C26H30F3N3O2/c1-18(21-5-4-6-22(15-21)26(27,28)29)32(23-11-12-23)17-24(33)30-16-19-7-9-20(10-8-19)25(34)31-13-2-3-14-31/h4-10,15,18,23H,2-3,11-14,16-17H2,1H3,(H,30,33). The van der Waals surface area contributed by atoms with E-state index in [1.165, 1.54) is 12.1 Å². The molecule has 4 rings (SSSR count). The lowest BCUT2D eigenvalue weighted by Crippen LogP contribution is -2.39. The molecular weight excluding hydrogens is 443 g/mol. The van der Waals surface area contributed by atoms with E-state index in [2.05, 4.69) is 5.32 Å². The van der Waals surface area contributed by atoms with Crippen molar-refractivity contribution in [1.82, 2.24) is 15.1 Å². The number of rotatable bonds is 8. The number of likely N-dealkylation sites (tertiary alicyclic amines) is 1. The number of amides is 2. The summed E-state index contributed by atoms with van der Waals surface area (Å²) < 4.78 is 39.4. The zero-order chi connectivity index (χ0) is 24.3. The van der Waals surface area contributed by atoms with Crippen molar-refractivity contribution in [3.63, 3.8) is 0 Å². The second-order valence-electron chi connectivity index (χ2n) is 9.18. The Labute approximate surface area is 197 Å². The van der Waals surface area contributed by atoms with Crippen LogP contribution in [-0.2, 0) is 17.5 Å². The molecule has 2 fully saturated rings. The minimum atomic E-state index is -4.40. The molecule has 1 saturated heterocycles. The van der Waals surface area contributed by atoms with Gasteiger partial charge in [0.05, 0.1) is 12.1 Å². The summed E-state index contributed by atoms with van der Waals surface area (Å²) in [6.45, 7) is 3.89. The Balaban J connectivity index is 1.33. The van der Waals surface area contributed by atoms with Crippen LogP contribution in [0.1, 0.15) is 65.7 Å². The maximum absolute atomic E-state index is 13.1. The number of nitrogens with one attached hydrogen (secondary N) is 1. The third kappa shape index (κ3) is 5.97. The number of hydrogen-bond donors (Lipinski definition) is 1. The molecule has 1 heterocycles. The van der Waals surface area contributed by atoms with E-state index in [1.54, 1.807) is 18.2 Å². The van der Waals surface area contributed by atoms with Crippen LogP contribution in [0.2, 0.25) is 0 Å². The summed E-state index contributed by atoms with van der Waals surface area (Å²) in [6.07, 6.45) is -0.446. The lowest BCUT2D eigenvalue weighted by molar-refractivity contribution is -0.137. The van der Waals surface area contributed by atoms with Gasteiger partial charge in [-0.3, -0.25) is 14.5 Å². The van der Waals surface area contributed by atoms with Crippen LogP contribution in [0.5, 0.6) is 0 Å². The third-order valence-corrected chi connectivity index (χ3v) is 6.62. The molecule has 2 aliphatic rings. The van der Waals surface area contributed by atoms with Gasteiger partial charge in [-0.1, -0.05) is 24.3 Å². The van der Waals surface area contributed by atoms with Gasteiger partial charge in [-0.25, -0.2) is 0 Å². The maximum atomic E-state index is 13.1. The molecule has 1 atom stereocenters. The molecule has 1 aliphatic carbocycles. The van der Waals surface area contributed by atoms with Gasteiger partial charge < -0.3 is 10.2 Å². The van der Waals surface area contributed by atoms with Gasteiger partial charge >= 0.3 is 6.18 Å². The van der Waals surface area contributed by atoms with Crippen molar-refractivity contribution in [3.8, 4) is 0 Å². The fourth-order valence-corrected chi connectivity index (χ4v) is 4.45. The van der Waals surface area contributed by atoms with Crippen LogP contribution in [0, 0.1) is 0 Å². The van der Waals surface area contributed by atoms with E-state index in [-0.39, 0.29) is 30.4 Å². The van der Waals surface area contributed by atoms with Gasteiger partial charge in [-0.15, -0.1) is 0 Å². The first-order valence-electron chi connectivity index (χ1n) is 11.8. The summed E-state index contributed by atoms with van der Waals surface area (Å²) in [4.78, 5) is 29.0. The van der Waals surface area contributed by atoms with Crippen LogP contribution in [0.3, 0.4) is 0 Å². The van der Waals surface area contributed by atoms with Gasteiger partial charge in [0.25, 0.3) is 5.91 Å². The molecule has 8 heteroatoms. The lowest BCUT2D eigenvalue weighted by Gasteiger charge is -2.29. The number of carbonyl (C=O) groups is 2. The highest BCUT2D eigenvalue weighted by atomic mass is 19.4. The molecule has 182 valence electrons. The zero-order valence-electron chi connectivity index (χ0n) is 19.3. The molecule has 0 aromatic heterocycles. The van der Waals surface area contributed by atoms with Crippen molar-refractivity contribution < 1.29 is 22.8 Å². The predicted octanol–water partition coefficient (Wildman–Crippen LogP) is 4.78. The van der Waals surface area contributed by atoms with E-state index < -0.39 is 11.7 Å². The van der Waals surface area contributed by atoms with E-state index in [1.807, 2.05) is 28.9 Å². The lowest BCUT2D eigenvalue weighted by atomic mass is 10.0. The molecule has 2 aromatic carbocycles. The predicted molar refractivity (Wildman–Crippen MR) is 123 cm³/mol. The van der Waals surface area contributed by atoms with Crippen molar-refractivity contribution in [2.75, 3.05) is 19.6 Å². The Morgan fingerprint density at radius 1 is 1.09 bits per heavy atom. The molecule has 0 bridgehead atoms. The highest BCUT2D eigenvalue weighted by molar-refractivity contribution is 5.94. The molecule has 1 aliphatic heterocycles. The normalized spacial score (nSPS) is 17.1. The van der Waals surface area contributed by atoms with Gasteiger partial charge in [0, 0.05) is 37.3 Å². The van der Waals surface area contributed by atoms with Crippen LogP contribution in [0.25, 0.3) is 0 Å². The van der Waals surface area contributed by atoms with Gasteiger partial charge in [0.15, 0.2) is 0 Å². The van der Waals surface area contributed by atoms with Crippen molar-refractivity contribution >= 4 is 11.8 Å². The Morgan fingerprint density at radius 3 is 2.38 bits per heavy atom. The van der Waals surface area contributed by atoms with E-state index in [0.717, 1.165) is 50.4 Å². The number of halogens is 3. The maximum Gasteiger partial charge on any atom is 0.416 e. The van der Waals surface area contributed by atoms with Crippen LogP contribution < -0.4 is 5.32 Å². The number of benzene rings is 2. The van der Waals surface area contributed by atoms with Gasteiger partial charge in [0.1, 0.15) is 0 Å². The number of carbonyl (C=O) groups excluding carboxylic acids is 2. The number of nitrogens with zero attached hydrogens (tertiary/aromatic N) is 2. The summed E-state index contributed by atoms with van der Waals surface area (Å²) in [5.74, 6) is -0.139. The summed E-state index contributed by atoms with van der Waals surface area (Å²) in [6, 6.07) is 12.5. The van der Waals surface area contributed by atoms with Crippen LogP contribution in [0.4, 0.5) is 13.2 Å². The van der Waals surface area contributed by atoms with Crippen molar-refractivity contribution in [1.29, 1.82) is 0 Å². The molecule has 0 spiro atoms. The average molecular weight is 474 g/mol. The molecule has 2 amide bonds. The fraction of sp³-hybridized carbons (Fsp3) is 0.462. The molecule has 5 nitrogen and oxygen atoms in total. The number of alkyl halides is 3. The zero-order valence-corrected chi connectivity index (χ0v) is 19.3. The molecular formula is C26H30F3N3O2. The third-order valence-electron chi connectivity index (χ3n) is 6.62. The molecule has 1 unspecified atom stereocenters. The van der Waals surface area contributed by atoms with E-state index in [4.69, 9.17) is 0 Å². The van der Waals surface area contributed by atoms with Crippen LogP contribution in [0.15, 0.2) is 48.5 Å². The molecule has 34 heavy (non-hydrogen) atoms. The Bertz CT molecular complexity index is 1010. The highest BCUT2D eigenvalue weighted by Gasteiger charge is 2.35.